The van der Waals surface area contributed by atoms with Gasteiger partial charge in [0.2, 0.25) is 4.80 Å². The second-order valence-electron chi connectivity index (χ2n) is 5.18. The second-order valence-corrected chi connectivity index (χ2v) is 6.93. The summed E-state index contributed by atoms with van der Waals surface area (Å²) < 4.78 is 3.09. The Kier molecular flexibility index (Phi) is 4.70. The molecule has 0 aliphatic heterocycles. The first kappa shape index (κ1) is 14.7. The zero-order valence-electron chi connectivity index (χ0n) is 12.1. The van der Waals surface area contributed by atoms with E-state index in [2.05, 4.69) is 44.5 Å². The Labute approximate surface area is 137 Å². The normalized spacial score (nSPS) is 16.3. The Morgan fingerprint density at radius 1 is 1.19 bits per heavy atom. The van der Waals surface area contributed by atoms with E-state index < -0.39 is 0 Å². The average Bonchev–Trinajstić information content (AvgIpc) is 2.91. The number of halogens is 1. The molecule has 1 aromatic carbocycles. The lowest BCUT2D eigenvalue weighted by Crippen LogP contribution is -2.15. The Morgan fingerprint density at radius 3 is 2.71 bits per heavy atom. The molecule has 0 spiro atoms. The van der Waals surface area contributed by atoms with E-state index in [0.717, 1.165) is 33.4 Å². The fraction of sp³-hybridized carbons (Fsp3) is 0.375. The van der Waals surface area contributed by atoms with Crippen LogP contribution >= 0.6 is 27.3 Å². The molecule has 1 aromatic heterocycles. The molecule has 0 radical (unpaired) electrons. The highest BCUT2D eigenvalue weighted by Gasteiger charge is 2.11. The highest BCUT2D eigenvalue weighted by atomic mass is 79.9. The van der Waals surface area contributed by atoms with Gasteiger partial charge in [-0.1, -0.05) is 34.5 Å². The highest BCUT2D eigenvalue weighted by molar-refractivity contribution is 9.10. The van der Waals surface area contributed by atoms with Gasteiger partial charge in [-0.25, -0.2) is 4.68 Å². The predicted molar refractivity (Wildman–Crippen MR) is 92.9 cm³/mol. The predicted octanol–water partition coefficient (Wildman–Crippen LogP) is 4.68. The van der Waals surface area contributed by atoms with Gasteiger partial charge in [0.1, 0.15) is 0 Å². The summed E-state index contributed by atoms with van der Waals surface area (Å²) in [5.74, 6) is 0. The lowest BCUT2D eigenvalue weighted by Gasteiger charge is -2.13. The van der Waals surface area contributed by atoms with Crippen molar-refractivity contribution in [2.75, 3.05) is 7.05 Å². The maximum absolute atomic E-state index is 4.89. The van der Waals surface area contributed by atoms with Crippen LogP contribution in [0.5, 0.6) is 0 Å². The van der Waals surface area contributed by atoms with Crippen molar-refractivity contribution in [1.82, 2.24) is 4.68 Å². The SMILES string of the molecule is CN=c1scc(-c2cccc(Br)c2)n1N=C1CCCCC1. The van der Waals surface area contributed by atoms with Crippen LogP contribution in [-0.4, -0.2) is 17.4 Å². The summed E-state index contributed by atoms with van der Waals surface area (Å²) in [6.07, 6.45) is 6.08. The van der Waals surface area contributed by atoms with E-state index >= 15 is 0 Å². The van der Waals surface area contributed by atoms with E-state index in [9.17, 15) is 0 Å². The molecule has 1 saturated carbocycles. The average molecular weight is 364 g/mol. The maximum Gasteiger partial charge on any atom is 0.205 e. The Morgan fingerprint density at radius 2 is 2.00 bits per heavy atom. The van der Waals surface area contributed by atoms with Crippen molar-refractivity contribution < 1.29 is 0 Å². The van der Waals surface area contributed by atoms with E-state index in [1.54, 1.807) is 11.3 Å². The first-order valence-corrected chi connectivity index (χ1v) is 8.91. The zero-order valence-corrected chi connectivity index (χ0v) is 14.5. The summed E-state index contributed by atoms with van der Waals surface area (Å²) >= 11 is 5.18. The maximum atomic E-state index is 4.89. The van der Waals surface area contributed by atoms with Gasteiger partial charge < -0.3 is 0 Å². The quantitative estimate of drug-likeness (QED) is 0.741. The fourth-order valence-electron chi connectivity index (χ4n) is 2.59. The lowest BCUT2D eigenvalue weighted by molar-refractivity contribution is 0.655. The molecule has 0 saturated heterocycles. The first-order valence-electron chi connectivity index (χ1n) is 7.24. The third-order valence-corrected chi connectivity index (χ3v) is 5.07. The molecule has 0 atom stereocenters. The zero-order chi connectivity index (χ0) is 14.7. The number of nitrogens with zero attached hydrogens (tertiary/aromatic N) is 3. The molecule has 1 heterocycles. The topological polar surface area (TPSA) is 29.6 Å². The summed E-state index contributed by atoms with van der Waals surface area (Å²) in [6.45, 7) is 0. The van der Waals surface area contributed by atoms with Gasteiger partial charge in [-0.15, -0.1) is 11.3 Å². The summed E-state index contributed by atoms with van der Waals surface area (Å²) in [6, 6.07) is 8.33. The molecule has 1 fully saturated rings. The third kappa shape index (κ3) is 3.35. The summed E-state index contributed by atoms with van der Waals surface area (Å²) in [5.41, 5.74) is 3.57. The van der Waals surface area contributed by atoms with E-state index in [1.165, 1.54) is 25.0 Å². The Bertz CT molecular complexity index is 719. The van der Waals surface area contributed by atoms with E-state index in [-0.39, 0.29) is 0 Å². The summed E-state index contributed by atoms with van der Waals surface area (Å²) in [5, 5.41) is 7.03. The van der Waals surface area contributed by atoms with Gasteiger partial charge in [-0.2, -0.15) is 5.10 Å². The number of hydrogen-bond donors (Lipinski definition) is 0. The second kappa shape index (κ2) is 6.71. The number of thiazole rings is 1. The van der Waals surface area contributed by atoms with Crippen molar-refractivity contribution in [3.63, 3.8) is 0 Å². The van der Waals surface area contributed by atoms with Gasteiger partial charge >= 0.3 is 0 Å². The van der Waals surface area contributed by atoms with Gasteiger partial charge in [-0.05, 0) is 37.8 Å². The number of rotatable bonds is 2. The van der Waals surface area contributed by atoms with Crippen LogP contribution in [-0.2, 0) is 0 Å². The first-order chi connectivity index (χ1) is 10.3. The molecule has 0 unspecified atom stereocenters. The number of hydrogen-bond acceptors (Lipinski definition) is 3. The number of aromatic nitrogens is 1. The molecule has 110 valence electrons. The van der Waals surface area contributed by atoms with Crippen molar-refractivity contribution >= 4 is 33.0 Å². The molecule has 3 rings (SSSR count). The van der Waals surface area contributed by atoms with Crippen molar-refractivity contribution in [3.05, 3.63) is 38.9 Å². The molecule has 0 amide bonds. The van der Waals surface area contributed by atoms with Crippen molar-refractivity contribution in [2.24, 2.45) is 10.1 Å². The smallest absolute Gasteiger partial charge is 0.205 e. The van der Waals surface area contributed by atoms with Crippen LogP contribution in [0.1, 0.15) is 32.1 Å². The minimum absolute atomic E-state index is 0.947. The highest BCUT2D eigenvalue weighted by Crippen LogP contribution is 2.24. The molecule has 1 aliphatic rings. The molecule has 5 heteroatoms. The molecule has 0 bridgehead atoms. The van der Waals surface area contributed by atoms with Crippen molar-refractivity contribution in [2.45, 2.75) is 32.1 Å². The summed E-state index contributed by atoms with van der Waals surface area (Å²) in [4.78, 5) is 5.31. The van der Waals surface area contributed by atoms with Gasteiger partial charge in [0.05, 0.1) is 5.69 Å². The Hall–Kier alpha value is -1.20. The monoisotopic (exact) mass is 363 g/mol. The molecular weight excluding hydrogens is 346 g/mol. The van der Waals surface area contributed by atoms with E-state index in [1.807, 2.05) is 17.8 Å². The summed E-state index contributed by atoms with van der Waals surface area (Å²) in [7, 11) is 1.83. The van der Waals surface area contributed by atoms with Crippen LogP contribution in [0.4, 0.5) is 0 Å². The molecule has 2 aromatic rings. The van der Waals surface area contributed by atoms with Crippen LogP contribution in [0.2, 0.25) is 0 Å². The molecule has 1 aliphatic carbocycles. The van der Waals surface area contributed by atoms with E-state index in [0.29, 0.717) is 0 Å². The van der Waals surface area contributed by atoms with Gasteiger partial charge in [-0.3, -0.25) is 4.99 Å². The lowest BCUT2D eigenvalue weighted by atomic mass is 9.99. The molecule has 21 heavy (non-hydrogen) atoms. The largest absolute Gasteiger partial charge is 0.261 e. The van der Waals surface area contributed by atoms with Gasteiger partial charge in [0.15, 0.2) is 0 Å². The van der Waals surface area contributed by atoms with Crippen LogP contribution in [0.3, 0.4) is 0 Å². The van der Waals surface area contributed by atoms with Crippen LogP contribution in [0.15, 0.2) is 44.2 Å². The van der Waals surface area contributed by atoms with Crippen LogP contribution in [0, 0.1) is 0 Å². The minimum atomic E-state index is 0.947. The van der Waals surface area contributed by atoms with Crippen LogP contribution in [0.25, 0.3) is 11.3 Å². The van der Waals surface area contributed by atoms with Crippen molar-refractivity contribution in [1.29, 1.82) is 0 Å². The third-order valence-electron chi connectivity index (χ3n) is 3.67. The van der Waals surface area contributed by atoms with Gasteiger partial charge in [0, 0.05) is 28.2 Å². The standard InChI is InChI=1S/C16H18BrN3S/c1-18-16-20(19-14-8-3-2-4-9-14)15(11-21-16)12-6-5-7-13(17)10-12/h5-7,10-11H,2-4,8-9H2,1H3. The number of benzene rings is 1. The minimum Gasteiger partial charge on any atom is -0.261 e. The van der Waals surface area contributed by atoms with E-state index in [4.69, 9.17) is 5.10 Å². The Balaban J connectivity index is 2.08. The molecule has 0 N–H and O–H groups in total. The van der Waals surface area contributed by atoms with Gasteiger partial charge in [0.25, 0.3) is 0 Å². The molecule has 3 nitrogen and oxygen atoms in total. The molecular formula is C16H18BrN3S. The van der Waals surface area contributed by atoms with Crippen LogP contribution < -0.4 is 4.80 Å². The fourth-order valence-corrected chi connectivity index (χ4v) is 3.79. The van der Waals surface area contributed by atoms with Crippen molar-refractivity contribution in [3.8, 4) is 11.3 Å².